The minimum Gasteiger partial charge on any atom is -0.339 e. The van der Waals surface area contributed by atoms with Crippen LogP contribution in [0.25, 0.3) is 0 Å². The Bertz CT molecular complexity index is 475. The maximum absolute atomic E-state index is 12.5. The molecular formula is C13H17BrClN3O. The summed E-state index contributed by atoms with van der Waals surface area (Å²) in [5.74, 6) is -0.0617. The van der Waals surface area contributed by atoms with Gasteiger partial charge >= 0.3 is 0 Å². The summed E-state index contributed by atoms with van der Waals surface area (Å²) in [6.45, 7) is 2.04. The Labute approximate surface area is 126 Å². The van der Waals surface area contributed by atoms with Gasteiger partial charge in [0, 0.05) is 23.8 Å². The van der Waals surface area contributed by atoms with E-state index in [1.54, 1.807) is 17.2 Å². The summed E-state index contributed by atoms with van der Waals surface area (Å²) in [6, 6.07) is 2.00. The monoisotopic (exact) mass is 345 g/mol. The number of nitrogens with zero attached hydrogens (tertiary/aromatic N) is 3. The van der Waals surface area contributed by atoms with Crippen LogP contribution in [0, 0.1) is 0 Å². The normalized spacial score (nSPS) is 17.5. The molecule has 1 aliphatic heterocycles. The zero-order chi connectivity index (χ0) is 14.0. The zero-order valence-electron chi connectivity index (χ0n) is 11.1. The summed E-state index contributed by atoms with van der Waals surface area (Å²) in [5, 5.41) is 0.257. The number of amides is 1. The molecule has 1 aliphatic rings. The van der Waals surface area contributed by atoms with Crippen molar-refractivity contribution in [2.24, 2.45) is 0 Å². The molecule has 0 unspecified atom stereocenters. The van der Waals surface area contributed by atoms with Gasteiger partial charge in [0.25, 0.3) is 5.91 Å². The quantitative estimate of drug-likeness (QED) is 0.773. The molecular weight excluding hydrogens is 330 g/mol. The molecule has 1 aromatic rings. The summed E-state index contributed by atoms with van der Waals surface area (Å²) in [4.78, 5) is 20.5. The lowest BCUT2D eigenvalue weighted by Gasteiger charge is -2.35. The molecule has 0 N–H and O–H groups in total. The van der Waals surface area contributed by atoms with E-state index in [2.05, 4.69) is 32.9 Å². The van der Waals surface area contributed by atoms with E-state index in [1.807, 2.05) is 7.05 Å². The van der Waals surface area contributed by atoms with Crippen molar-refractivity contribution < 1.29 is 4.79 Å². The van der Waals surface area contributed by atoms with Crippen molar-refractivity contribution in [2.45, 2.75) is 18.9 Å². The van der Waals surface area contributed by atoms with Crippen molar-refractivity contribution >= 4 is 33.4 Å². The van der Waals surface area contributed by atoms with Gasteiger partial charge in [-0.3, -0.25) is 4.79 Å². The van der Waals surface area contributed by atoms with Gasteiger partial charge in [0.2, 0.25) is 0 Å². The Morgan fingerprint density at radius 3 is 2.79 bits per heavy atom. The van der Waals surface area contributed by atoms with E-state index in [9.17, 15) is 4.79 Å². The van der Waals surface area contributed by atoms with Crippen molar-refractivity contribution in [2.75, 3.05) is 27.2 Å². The number of aromatic nitrogens is 1. The maximum atomic E-state index is 12.5. The second-order valence-electron chi connectivity index (χ2n) is 4.94. The van der Waals surface area contributed by atoms with E-state index in [0.717, 1.165) is 30.4 Å². The number of hydrogen-bond acceptors (Lipinski definition) is 3. The lowest BCUT2D eigenvalue weighted by molar-refractivity contribution is 0.0659. The van der Waals surface area contributed by atoms with Crippen LogP contribution in [0.4, 0.5) is 0 Å². The Morgan fingerprint density at radius 2 is 2.16 bits per heavy atom. The highest BCUT2D eigenvalue weighted by Crippen LogP contribution is 2.22. The van der Waals surface area contributed by atoms with Crippen LogP contribution in [0.1, 0.15) is 23.2 Å². The fraction of sp³-hybridized carbons (Fsp3) is 0.538. The van der Waals surface area contributed by atoms with Crippen molar-refractivity contribution in [3.63, 3.8) is 0 Å². The molecule has 0 atom stereocenters. The molecule has 0 radical (unpaired) electrons. The molecule has 2 rings (SSSR count). The molecule has 1 amide bonds. The van der Waals surface area contributed by atoms with Crippen LogP contribution < -0.4 is 0 Å². The van der Waals surface area contributed by atoms with Crippen molar-refractivity contribution in [3.05, 3.63) is 27.5 Å². The number of carbonyl (C=O) groups is 1. The van der Waals surface area contributed by atoms with Crippen molar-refractivity contribution in [3.8, 4) is 0 Å². The second-order valence-corrected chi connectivity index (χ2v) is 6.22. The van der Waals surface area contributed by atoms with Gasteiger partial charge in [-0.05, 0) is 55.0 Å². The minimum atomic E-state index is -0.0617. The van der Waals surface area contributed by atoms with E-state index in [4.69, 9.17) is 11.6 Å². The SMILES string of the molecule is CN1CCC(N(C)C(=O)c2cc(Br)cnc2Cl)CC1. The molecule has 0 bridgehead atoms. The number of carbonyl (C=O) groups excluding carboxylic acids is 1. The first-order chi connectivity index (χ1) is 8.99. The van der Waals surface area contributed by atoms with Crippen LogP contribution in [0.2, 0.25) is 5.15 Å². The van der Waals surface area contributed by atoms with Crippen molar-refractivity contribution in [1.29, 1.82) is 0 Å². The number of pyridine rings is 1. The van der Waals surface area contributed by atoms with Gasteiger partial charge in [-0.2, -0.15) is 0 Å². The molecule has 0 spiro atoms. The third-order valence-electron chi connectivity index (χ3n) is 3.59. The van der Waals surface area contributed by atoms with Crippen LogP contribution in [-0.2, 0) is 0 Å². The highest BCUT2D eigenvalue weighted by molar-refractivity contribution is 9.10. The molecule has 4 nitrogen and oxygen atoms in total. The molecule has 104 valence electrons. The Kier molecular flexibility index (Phi) is 4.81. The predicted octanol–water partition coefficient (Wildman–Crippen LogP) is 2.66. The maximum Gasteiger partial charge on any atom is 0.257 e. The first kappa shape index (κ1) is 14.8. The smallest absolute Gasteiger partial charge is 0.257 e. The van der Waals surface area contributed by atoms with Gasteiger partial charge < -0.3 is 9.80 Å². The molecule has 1 fully saturated rings. The Hall–Kier alpha value is -0.650. The lowest BCUT2D eigenvalue weighted by Crippen LogP contribution is -2.44. The first-order valence-corrected chi connectivity index (χ1v) is 7.43. The third kappa shape index (κ3) is 3.46. The van der Waals surface area contributed by atoms with Gasteiger partial charge in [-0.15, -0.1) is 0 Å². The van der Waals surface area contributed by atoms with E-state index in [0.29, 0.717) is 5.56 Å². The zero-order valence-corrected chi connectivity index (χ0v) is 13.4. The predicted molar refractivity (Wildman–Crippen MR) is 79.6 cm³/mol. The topological polar surface area (TPSA) is 36.4 Å². The van der Waals surface area contributed by atoms with Crippen LogP contribution in [0.3, 0.4) is 0 Å². The molecule has 2 heterocycles. The van der Waals surface area contributed by atoms with Crippen LogP contribution >= 0.6 is 27.5 Å². The molecule has 0 saturated carbocycles. The van der Waals surface area contributed by atoms with Gasteiger partial charge in [0.05, 0.1) is 5.56 Å². The van der Waals surface area contributed by atoms with E-state index >= 15 is 0 Å². The minimum absolute atomic E-state index is 0.0617. The number of hydrogen-bond donors (Lipinski definition) is 0. The summed E-state index contributed by atoms with van der Waals surface area (Å²) < 4.78 is 0.761. The third-order valence-corrected chi connectivity index (χ3v) is 4.33. The van der Waals surface area contributed by atoms with Gasteiger partial charge in [0.15, 0.2) is 0 Å². The fourth-order valence-corrected chi connectivity index (χ4v) is 2.83. The second kappa shape index (κ2) is 6.20. The summed E-state index contributed by atoms with van der Waals surface area (Å²) in [6.07, 6.45) is 3.59. The molecule has 0 aliphatic carbocycles. The summed E-state index contributed by atoms with van der Waals surface area (Å²) >= 11 is 9.33. The van der Waals surface area contributed by atoms with Crippen LogP contribution in [0.15, 0.2) is 16.7 Å². The molecule has 1 saturated heterocycles. The van der Waals surface area contributed by atoms with E-state index < -0.39 is 0 Å². The highest BCUT2D eigenvalue weighted by Gasteiger charge is 2.26. The Balaban J connectivity index is 2.12. The molecule has 6 heteroatoms. The Morgan fingerprint density at radius 1 is 1.53 bits per heavy atom. The average Bonchev–Trinajstić information content (AvgIpc) is 2.41. The summed E-state index contributed by atoms with van der Waals surface area (Å²) in [5.41, 5.74) is 0.456. The molecule has 0 aromatic carbocycles. The number of piperidine rings is 1. The van der Waals surface area contributed by atoms with Crippen LogP contribution in [-0.4, -0.2) is 53.9 Å². The number of rotatable bonds is 2. The summed E-state index contributed by atoms with van der Waals surface area (Å²) in [7, 11) is 3.95. The molecule has 1 aromatic heterocycles. The highest BCUT2D eigenvalue weighted by atomic mass is 79.9. The average molecular weight is 347 g/mol. The van der Waals surface area contributed by atoms with Gasteiger partial charge in [-0.25, -0.2) is 4.98 Å². The van der Waals surface area contributed by atoms with Gasteiger partial charge in [-0.1, -0.05) is 11.6 Å². The fourth-order valence-electron chi connectivity index (χ4n) is 2.31. The van der Waals surface area contributed by atoms with Crippen LogP contribution in [0.5, 0.6) is 0 Å². The number of likely N-dealkylation sites (tertiary alicyclic amines) is 1. The largest absolute Gasteiger partial charge is 0.339 e. The van der Waals surface area contributed by atoms with E-state index in [1.165, 1.54) is 0 Å². The first-order valence-electron chi connectivity index (χ1n) is 6.26. The van der Waals surface area contributed by atoms with E-state index in [-0.39, 0.29) is 17.1 Å². The standard InChI is InChI=1S/C13H17BrClN3O/c1-17-5-3-10(4-6-17)18(2)13(19)11-7-9(14)8-16-12(11)15/h7-8,10H,3-6H2,1-2H3. The van der Waals surface area contributed by atoms with Crippen molar-refractivity contribution in [1.82, 2.24) is 14.8 Å². The molecule has 19 heavy (non-hydrogen) atoms. The van der Waals surface area contributed by atoms with Gasteiger partial charge in [0.1, 0.15) is 5.15 Å². The lowest BCUT2D eigenvalue weighted by atomic mass is 10.0. The number of halogens is 2.